The van der Waals surface area contributed by atoms with Gasteiger partial charge in [-0.25, -0.2) is 4.79 Å². The maximum atomic E-state index is 14.7. The number of nitrogens with one attached hydrogen (secondary N) is 2. The van der Waals surface area contributed by atoms with Crippen LogP contribution in [0.25, 0.3) is 0 Å². The SMILES string of the molecule is CCOC(=O)CCNC(=O)C(c1cccc(C)c1)N(C(=O)C(Cc1ccc(O)cc1)NC(=O)OC(C)(C)C)C(C)CCC(C)C. The summed E-state index contributed by atoms with van der Waals surface area (Å²) >= 11 is 0. The molecule has 10 heteroatoms. The van der Waals surface area contributed by atoms with E-state index in [2.05, 4.69) is 24.5 Å². The molecule has 2 aromatic carbocycles. The molecule has 0 fully saturated rings. The number of aryl methyl sites for hydroxylation is 1. The Kier molecular flexibility index (Phi) is 14.4. The monoisotopic (exact) mass is 625 g/mol. The molecule has 0 radical (unpaired) electrons. The number of alkyl carbamates (subject to hydrolysis) is 1. The summed E-state index contributed by atoms with van der Waals surface area (Å²) in [6.45, 7) is 15.2. The molecule has 3 amide bonds. The van der Waals surface area contributed by atoms with Crippen molar-refractivity contribution in [1.29, 1.82) is 0 Å². The average Bonchev–Trinajstić information content (AvgIpc) is 2.94. The zero-order valence-electron chi connectivity index (χ0n) is 28.0. The Morgan fingerprint density at radius 1 is 0.978 bits per heavy atom. The van der Waals surface area contributed by atoms with Gasteiger partial charge in [-0.05, 0) is 83.6 Å². The number of hydrogen-bond acceptors (Lipinski definition) is 7. The molecular weight excluding hydrogens is 574 g/mol. The van der Waals surface area contributed by atoms with E-state index < -0.39 is 47.6 Å². The molecule has 45 heavy (non-hydrogen) atoms. The Morgan fingerprint density at radius 3 is 2.22 bits per heavy atom. The van der Waals surface area contributed by atoms with Gasteiger partial charge in [0.2, 0.25) is 11.8 Å². The third kappa shape index (κ3) is 12.8. The number of benzene rings is 2. The normalized spacial score (nSPS) is 13.4. The van der Waals surface area contributed by atoms with Gasteiger partial charge in [-0.1, -0.05) is 55.8 Å². The van der Waals surface area contributed by atoms with E-state index in [1.165, 1.54) is 12.1 Å². The molecule has 0 saturated heterocycles. The van der Waals surface area contributed by atoms with Gasteiger partial charge in [0.1, 0.15) is 23.4 Å². The lowest BCUT2D eigenvalue weighted by atomic mass is 9.95. The summed E-state index contributed by atoms with van der Waals surface area (Å²) in [5, 5.41) is 15.4. The Hall–Kier alpha value is -4.08. The Morgan fingerprint density at radius 2 is 1.64 bits per heavy atom. The Balaban J connectivity index is 2.61. The number of hydrogen-bond donors (Lipinski definition) is 3. The summed E-state index contributed by atoms with van der Waals surface area (Å²) < 4.78 is 10.5. The number of esters is 1. The van der Waals surface area contributed by atoms with Gasteiger partial charge in [0.05, 0.1) is 13.0 Å². The molecule has 0 aliphatic heterocycles. The first-order chi connectivity index (χ1) is 21.1. The second kappa shape index (κ2) is 17.4. The van der Waals surface area contributed by atoms with Crippen molar-refractivity contribution in [3.63, 3.8) is 0 Å². The third-order valence-corrected chi connectivity index (χ3v) is 7.07. The number of rotatable bonds is 15. The van der Waals surface area contributed by atoms with Gasteiger partial charge < -0.3 is 30.1 Å². The lowest BCUT2D eigenvalue weighted by Gasteiger charge is -2.39. The van der Waals surface area contributed by atoms with E-state index in [-0.39, 0.29) is 31.7 Å². The molecule has 3 unspecified atom stereocenters. The molecule has 3 atom stereocenters. The van der Waals surface area contributed by atoms with Crippen LogP contribution in [0.4, 0.5) is 4.79 Å². The van der Waals surface area contributed by atoms with Gasteiger partial charge in [-0.15, -0.1) is 0 Å². The fraction of sp³-hybridized carbons (Fsp3) is 0.543. The summed E-state index contributed by atoms with van der Waals surface area (Å²) in [4.78, 5) is 55.3. The van der Waals surface area contributed by atoms with Crippen LogP contribution < -0.4 is 10.6 Å². The number of aromatic hydroxyl groups is 1. The van der Waals surface area contributed by atoms with E-state index in [1.54, 1.807) is 50.8 Å². The highest BCUT2D eigenvalue weighted by Gasteiger charge is 2.39. The first kappa shape index (κ1) is 37.1. The number of amides is 3. The number of carbonyl (C=O) groups is 4. The van der Waals surface area contributed by atoms with Crippen molar-refractivity contribution in [3.8, 4) is 5.75 Å². The number of phenolic OH excluding ortho intramolecular Hbond substituents is 1. The number of phenols is 1. The third-order valence-electron chi connectivity index (χ3n) is 7.07. The second-order valence-corrected chi connectivity index (χ2v) is 12.8. The van der Waals surface area contributed by atoms with Crippen molar-refractivity contribution in [2.45, 2.75) is 105 Å². The maximum absolute atomic E-state index is 14.7. The van der Waals surface area contributed by atoms with Gasteiger partial charge >= 0.3 is 12.1 Å². The highest BCUT2D eigenvalue weighted by molar-refractivity contribution is 5.92. The number of ether oxygens (including phenoxy) is 2. The van der Waals surface area contributed by atoms with Gasteiger partial charge in [0.25, 0.3) is 0 Å². The fourth-order valence-electron chi connectivity index (χ4n) is 4.91. The highest BCUT2D eigenvalue weighted by Crippen LogP contribution is 2.29. The first-order valence-electron chi connectivity index (χ1n) is 15.7. The van der Waals surface area contributed by atoms with Crippen LogP contribution in [0.1, 0.15) is 90.5 Å². The summed E-state index contributed by atoms with van der Waals surface area (Å²) in [7, 11) is 0. The molecule has 2 aromatic rings. The standard InChI is InChI=1S/C35H51N3O7/c1-9-44-30(40)19-20-36-32(41)31(27-12-10-11-24(4)21-27)38(25(5)14-13-23(2)3)33(42)29(37-34(43)45-35(6,7)8)22-26-15-17-28(39)18-16-26/h10-12,15-18,21,23,25,29,31,39H,9,13-14,19-20,22H2,1-8H3,(H,36,41)(H,37,43). The van der Waals surface area contributed by atoms with Crippen molar-refractivity contribution in [3.05, 3.63) is 65.2 Å². The van der Waals surface area contributed by atoms with Crippen LogP contribution in [0.2, 0.25) is 0 Å². The van der Waals surface area contributed by atoms with Crippen molar-refractivity contribution >= 4 is 23.9 Å². The molecule has 0 heterocycles. The molecule has 0 saturated carbocycles. The van der Waals surface area contributed by atoms with Crippen molar-refractivity contribution in [1.82, 2.24) is 15.5 Å². The number of nitrogens with zero attached hydrogens (tertiary/aromatic N) is 1. The molecule has 0 aliphatic rings. The largest absolute Gasteiger partial charge is 0.508 e. The van der Waals surface area contributed by atoms with Crippen molar-refractivity contribution in [2.75, 3.05) is 13.2 Å². The van der Waals surface area contributed by atoms with E-state index in [4.69, 9.17) is 9.47 Å². The fourth-order valence-corrected chi connectivity index (χ4v) is 4.91. The van der Waals surface area contributed by atoms with Crippen LogP contribution in [0.15, 0.2) is 48.5 Å². The molecule has 0 aliphatic carbocycles. The first-order valence-corrected chi connectivity index (χ1v) is 15.7. The number of carbonyl (C=O) groups excluding carboxylic acids is 4. The van der Waals surface area contributed by atoms with Gasteiger partial charge in [0, 0.05) is 19.0 Å². The summed E-state index contributed by atoms with van der Waals surface area (Å²) in [6, 6.07) is 11.2. The van der Waals surface area contributed by atoms with E-state index in [0.717, 1.165) is 12.0 Å². The van der Waals surface area contributed by atoms with E-state index in [1.807, 2.05) is 32.0 Å². The molecule has 3 N–H and O–H groups in total. The minimum atomic E-state index is -1.09. The van der Waals surface area contributed by atoms with Gasteiger partial charge in [-0.3, -0.25) is 14.4 Å². The maximum Gasteiger partial charge on any atom is 0.408 e. The lowest BCUT2D eigenvalue weighted by molar-refractivity contribution is -0.146. The molecule has 2 rings (SSSR count). The van der Waals surface area contributed by atoms with Gasteiger partial charge in [-0.2, -0.15) is 0 Å². The predicted molar refractivity (Wildman–Crippen MR) is 174 cm³/mol. The quantitative estimate of drug-likeness (QED) is 0.219. The zero-order valence-corrected chi connectivity index (χ0v) is 28.0. The molecular formula is C35H51N3O7. The lowest BCUT2D eigenvalue weighted by Crippen LogP contribution is -2.56. The van der Waals surface area contributed by atoms with E-state index in [9.17, 15) is 24.3 Å². The van der Waals surface area contributed by atoms with Crippen molar-refractivity contribution < 1.29 is 33.8 Å². The molecule has 0 bridgehead atoms. The highest BCUT2D eigenvalue weighted by atomic mass is 16.6. The summed E-state index contributed by atoms with van der Waals surface area (Å²) in [5.41, 5.74) is 1.41. The molecule has 10 nitrogen and oxygen atoms in total. The van der Waals surface area contributed by atoms with Crippen molar-refractivity contribution in [2.24, 2.45) is 5.92 Å². The summed E-state index contributed by atoms with van der Waals surface area (Å²) in [6.07, 6.45) is 0.732. The second-order valence-electron chi connectivity index (χ2n) is 12.8. The smallest absolute Gasteiger partial charge is 0.408 e. The predicted octanol–water partition coefficient (Wildman–Crippen LogP) is 5.60. The van der Waals surface area contributed by atoms with Crippen LogP contribution in [-0.4, -0.2) is 64.7 Å². The topological polar surface area (TPSA) is 134 Å². The van der Waals surface area contributed by atoms with E-state index in [0.29, 0.717) is 23.5 Å². The van der Waals surface area contributed by atoms with Crippen LogP contribution >= 0.6 is 0 Å². The Labute approximate surface area is 267 Å². The zero-order chi connectivity index (χ0) is 33.7. The minimum Gasteiger partial charge on any atom is -0.508 e. The van der Waals surface area contributed by atoms with Crippen LogP contribution in [0.3, 0.4) is 0 Å². The Bertz CT molecular complexity index is 1270. The molecule has 248 valence electrons. The van der Waals surface area contributed by atoms with E-state index >= 15 is 0 Å². The minimum absolute atomic E-state index is 0.0133. The summed E-state index contributed by atoms with van der Waals surface area (Å²) in [5.74, 6) is -0.913. The van der Waals surface area contributed by atoms with Crippen LogP contribution in [0, 0.1) is 12.8 Å². The van der Waals surface area contributed by atoms with Crippen LogP contribution in [0.5, 0.6) is 5.75 Å². The molecule has 0 spiro atoms. The molecule has 0 aromatic heterocycles. The average molecular weight is 626 g/mol. The van der Waals surface area contributed by atoms with Crippen LogP contribution in [-0.2, 0) is 30.3 Å². The van der Waals surface area contributed by atoms with Gasteiger partial charge in [0.15, 0.2) is 0 Å².